The summed E-state index contributed by atoms with van der Waals surface area (Å²) in [5.74, 6) is 2.36. The van der Waals surface area contributed by atoms with E-state index in [1.54, 1.807) is 0 Å². The number of aryl methyl sites for hydroxylation is 1. The summed E-state index contributed by atoms with van der Waals surface area (Å²) in [5.41, 5.74) is 6.90. The number of ether oxygens (including phenoxy) is 1. The Morgan fingerprint density at radius 1 is 1.47 bits per heavy atom. The standard InChI is InChI=1S/C12H20N4O/c1-4-10-14-11(13)9(3)12(15-10)16-5-6-17-8(2)7-16/h8H,4-7H2,1-3H3,(H2,13,14,15). The molecule has 0 bridgehead atoms. The van der Waals surface area contributed by atoms with E-state index in [0.717, 1.165) is 43.3 Å². The van der Waals surface area contributed by atoms with Crippen molar-refractivity contribution in [1.82, 2.24) is 9.97 Å². The lowest BCUT2D eigenvalue weighted by atomic mass is 10.2. The predicted octanol–water partition coefficient (Wildman–Crippen LogP) is 1.15. The molecule has 0 saturated carbocycles. The Morgan fingerprint density at radius 2 is 2.24 bits per heavy atom. The fraction of sp³-hybridized carbons (Fsp3) is 0.667. The second kappa shape index (κ2) is 4.87. The van der Waals surface area contributed by atoms with Crippen LogP contribution in [0.25, 0.3) is 0 Å². The molecule has 0 aromatic carbocycles. The minimum absolute atomic E-state index is 0.240. The second-order valence-corrected chi connectivity index (χ2v) is 4.45. The highest BCUT2D eigenvalue weighted by Crippen LogP contribution is 2.23. The van der Waals surface area contributed by atoms with Crippen LogP contribution >= 0.6 is 0 Å². The van der Waals surface area contributed by atoms with E-state index in [2.05, 4.69) is 21.8 Å². The highest BCUT2D eigenvalue weighted by molar-refractivity contribution is 5.56. The Kier molecular flexibility index (Phi) is 3.47. The third-order valence-corrected chi connectivity index (χ3v) is 3.06. The predicted molar refractivity (Wildman–Crippen MR) is 68.2 cm³/mol. The molecule has 1 aliphatic heterocycles. The molecule has 1 unspecified atom stereocenters. The van der Waals surface area contributed by atoms with Crippen molar-refractivity contribution in [3.05, 3.63) is 11.4 Å². The first-order valence-electron chi connectivity index (χ1n) is 6.11. The molecule has 0 amide bonds. The van der Waals surface area contributed by atoms with Gasteiger partial charge < -0.3 is 15.4 Å². The Balaban J connectivity index is 2.33. The molecule has 1 aromatic rings. The second-order valence-electron chi connectivity index (χ2n) is 4.45. The number of hydrogen-bond acceptors (Lipinski definition) is 5. The number of hydrogen-bond donors (Lipinski definition) is 1. The van der Waals surface area contributed by atoms with Crippen LogP contribution in [0.1, 0.15) is 25.2 Å². The van der Waals surface area contributed by atoms with E-state index in [0.29, 0.717) is 5.82 Å². The number of rotatable bonds is 2. The maximum Gasteiger partial charge on any atom is 0.137 e. The highest BCUT2D eigenvalue weighted by atomic mass is 16.5. The minimum atomic E-state index is 0.240. The maximum absolute atomic E-state index is 5.93. The monoisotopic (exact) mass is 236 g/mol. The zero-order chi connectivity index (χ0) is 12.4. The molecule has 1 fully saturated rings. The largest absolute Gasteiger partial charge is 0.383 e. The highest BCUT2D eigenvalue weighted by Gasteiger charge is 2.21. The lowest BCUT2D eigenvalue weighted by molar-refractivity contribution is 0.0529. The topological polar surface area (TPSA) is 64.3 Å². The van der Waals surface area contributed by atoms with Crippen molar-refractivity contribution >= 4 is 11.6 Å². The molecule has 17 heavy (non-hydrogen) atoms. The summed E-state index contributed by atoms with van der Waals surface area (Å²) in [7, 11) is 0. The zero-order valence-electron chi connectivity index (χ0n) is 10.7. The van der Waals surface area contributed by atoms with Crippen molar-refractivity contribution in [2.24, 2.45) is 0 Å². The third kappa shape index (κ3) is 2.49. The van der Waals surface area contributed by atoms with E-state index < -0.39 is 0 Å². The lowest BCUT2D eigenvalue weighted by Crippen LogP contribution is -2.42. The fourth-order valence-electron chi connectivity index (χ4n) is 2.05. The Hall–Kier alpha value is -1.36. The summed E-state index contributed by atoms with van der Waals surface area (Å²) in [6.07, 6.45) is 1.04. The van der Waals surface area contributed by atoms with E-state index in [-0.39, 0.29) is 6.10 Å². The SMILES string of the molecule is CCc1nc(N)c(C)c(N2CCOC(C)C2)n1. The van der Waals surface area contributed by atoms with Crippen LogP contribution in [0.15, 0.2) is 0 Å². The Morgan fingerprint density at radius 3 is 2.88 bits per heavy atom. The molecule has 1 saturated heterocycles. The van der Waals surface area contributed by atoms with Gasteiger partial charge in [0, 0.05) is 25.1 Å². The number of aromatic nitrogens is 2. The normalized spacial score (nSPS) is 20.6. The van der Waals surface area contributed by atoms with Crippen molar-refractivity contribution in [1.29, 1.82) is 0 Å². The summed E-state index contributed by atoms with van der Waals surface area (Å²) < 4.78 is 5.54. The van der Waals surface area contributed by atoms with Crippen molar-refractivity contribution in [3.63, 3.8) is 0 Å². The molecule has 5 heteroatoms. The summed E-state index contributed by atoms with van der Waals surface area (Å²) in [4.78, 5) is 11.1. The number of anilines is 2. The van der Waals surface area contributed by atoms with Crippen LogP contribution < -0.4 is 10.6 Å². The van der Waals surface area contributed by atoms with E-state index in [9.17, 15) is 0 Å². The van der Waals surface area contributed by atoms with E-state index in [1.807, 2.05) is 13.8 Å². The fourth-order valence-corrected chi connectivity index (χ4v) is 2.05. The van der Waals surface area contributed by atoms with E-state index in [4.69, 9.17) is 10.5 Å². The number of nitrogens with zero attached hydrogens (tertiary/aromatic N) is 3. The Bertz CT molecular complexity index is 408. The molecule has 0 spiro atoms. The minimum Gasteiger partial charge on any atom is -0.383 e. The van der Waals surface area contributed by atoms with Crippen molar-refractivity contribution in [2.75, 3.05) is 30.3 Å². The van der Waals surface area contributed by atoms with Crippen LogP contribution in [0, 0.1) is 6.92 Å². The van der Waals surface area contributed by atoms with Gasteiger partial charge in [0.25, 0.3) is 0 Å². The molecule has 1 aliphatic rings. The summed E-state index contributed by atoms with van der Waals surface area (Å²) in [5, 5.41) is 0. The molecule has 1 atom stereocenters. The van der Waals surface area contributed by atoms with E-state index >= 15 is 0 Å². The van der Waals surface area contributed by atoms with Gasteiger partial charge >= 0.3 is 0 Å². The molecule has 0 radical (unpaired) electrons. The molecule has 1 aromatic heterocycles. The summed E-state index contributed by atoms with van der Waals surface area (Å²) in [6, 6.07) is 0. The third-order valence-electron chi connectivity index (χ3n) is 3.06. The number of nitrogens with two attached hydrogens (primary N) is 1. The zero-order valence-corrected chi connectivity index (χ0v) is 10.7. The maximum atomic E-state index is 5.93. The quantitative estimate of drug-likeness (QED) is 0.834. The van der Waals surface area contributed by atoms with Gasteiger partial charge in [-0.15, -0.1) is 0 Å². The molecule has 2 heterocycles. The van der Waals surface area contributed by atoms with E-state index in [1.165, 1.54) is 0 Å². The average Bonchev–Trinajstić information content (AvgIpc) is 2.32. The number of morpholine rings is 1. The summed E-state index contributed by atoms with van der Waals surface area (Å²) >= 11 is 0. The van der Waals surface area contributed by atoms with Crippen molar-refractivity contribution in [2.45, 2.75) is 33.3 Å². The van der Waals surface area contributed by atoms with Crippen LogP contribution in [0.4, 0.5) is 11.6 Å². The first kappa shape index (κ1) is 12.1. The van der Waals surface area contributed by atoms with Crippen LogP contribution in [0.3, 0.4) is 0 Å². The van der Waals surface area contributed by atoms with Gasteiger partial charge in [-0.3, -0.25) is 0 Å². The van der Waals surface area contributed by atoms with Gasteiger partial charge in [-0.25, -0.2) is 9.97 Å². The Labute approximate surface area is 102 Å². The van der Waals surface area contributed by atoms with Crippen molar-refractivity contribution < 1.29 is 4.74 Å². The smallest absolute Gasteiger partial charge is 0.137 e. The molecule has 2 N–H and O–H groups in total. The molecule has 0 aliphatic carbocycles. The lowest BCUT2D eigenvalue weighted by Gasteiger charge is -2.33. The van der Waals surface area contributed by atoms with Gasteiger partial charge in [-0.1, -0.05) is 6.92 Å². The van der Waals surface area contributed by atoms with Crippen LogP contribution in [-0.2, 0) is 11.2 Å². The van der Waals surface area contributed by atoms with Crippen molar-refractivity contribution in [3.8, 4) is 0 Å². The van der Waals surface area contributed by atoms with Gasteiger partial charge in [0.2, 0.25) is 0 Å². The molecular formula is C12H20N4O. The molecule has 2 rings (SSSR count). The van der Waals surface area contributed by atoms with Gasteiger partial charge in [-0.05, 0) is 13.8 Å². The van der Waals surface area contributed by atoms with Crippen LogP contribution in [0.2, 0.25) is 0 Å². The first-order chi connectivity index (χ1) is 8.11. The first-order valence-corrected chi connectivity index (χ1v) is 6.11. The van der Waals surface area contributed by atoms with Gasteiger partial charge in [0.15, 0.2) is 0 Å². The van der Waals surface area contributed by atoms with Gasteiger partial charge in [-0.2, -0.15) is 0 Å². The van der Waals surface area contributed by atoms with Crippen LogP contribution in [0.5, 0.6) is 0 Å². The molecule has 94 valence electrons. The number of nitrogen functional groups attached to an aromatic ring is 1. The van der Waals surface area contributed by atoms with Crippen LogP contribution in [-0.4, -0.2) is 35.8 Å². The summed E-state index contributed by atoms with van der Waals surface area (Å²) in [6.45, 7) is 8.56. The molecule has 5 nitrogen and oxygen atoms in total. The average molecular weight is 236 g/mol. The van der Waals surface area contributed by atoms with Gasteiger partial charge in [0.05, 0.1) is 12.7 Å². The molecular weight excluding hydrogens is 216 g/mol. The van der Waals surface area contributed by atoms with Gasteiger partial charge in [0.1, 0.15) is 17.5 Å².